The van der Waals surface area contributed by atoms with Crippen LogP contribution in [0, 0.1) is 5.92 Å². The first-order chi connectivity index (χ1) is 14.6. The number of piperidine rings is 1. The second kappa shape index (κ2) is 9.05. The van der Waals surface area contributed by atoms with Gasteiger partial charge in [-0.15, -0.1) is 5.06 Å². The Balaban J connectivity index is 1.69. The molecule has 2 aliphatic rings. The minimum Gasteiger partial charge on any atom is -0.338 e. The van der Waals surface area contributed by atoms with Crippen LogP contribution >= 0.6 is 0 Å². The van der Waals surface area contributed by atoms with Gasteiger partial charge in [0.05, 0.1) is 6.04 Å². The van der Waals surface area contributed by atoms with E-state index in [1.165, 1.54) is 18.9 Å². The first kappa shape index (κ1) is 22.7. The highest BCUT2D eigenvalue weighted by Crippen LogP contribution is 2.34. The van der Waals surface area contributed by atoms with E-state index < -0.39 is 17.7 Å². The molecule has 2 fully saturated rings. The van der Waals surface area contributed by atoms with E-state index in [0.29, 0.717) is 49.5 Å². The Morgan fingerprint density at radius 2 is 1.77 bits per heavy atom. The van der Waals surface area contributed by atoms with E-state index in [2.05, 4.69) is 10.6 Å². The third-order valence-corrected chi connectivity index (χ3v) is 5.59. The van der Waals surface area contributed by atoms with Crippen LogP contribution in [0.1, 0.15) is 57.3 Å². The number of likely N-dealkylation sites (tertiary alicyclic amines) is 1. The minimum absolute atomic E-state index is 0.119. The van der Waals surface area contributed by atoms with Crippen LogP contribution < -0.4 is 10.6 Å². The molecule has 2 aliphatic heterocycles. The maximum Gasteiger partial charge on any atom is 0.329 e. The second-order valence-electron chi connectivity index (χ2n) is 8.62. The SMILES string of the molecule is CC(=O)Nc1ccc(C(=O)N2CCC3(CC2)NC(CC(C)C)C(=O)N3OC(C)=O)cc1. The summed E-state index contributed by atoms with van der Waals surface area (Å²) in [6.45, 7) is 7.61. The normalized spacial score (nSPS) is 20.3. The van der Waals surface area contributed by atoms with Gasteiger partial charge in [-0.1, -0.05) is 13.8 Å². The molecule has 9 heteroatoms. The van der Waals surface area contributed by atoms with Crippen LogP contribution in [0.25, 0.3) is 0 Å². The fourth-order valence-electron chi connectivity index (χ4n) is 4.20. The predicted molar refractivity (Wildman–Crippen MR) is 114 cm³/mol. The molecule has 168 valence electrons. The van der Waals surface area contributed by atoms with Gasteiger partial charge >= 0.3 is 5.97 Å². The highest BCUT2D eigenvalue weighted by Gasteiger charge is 2.54. The van der Waals surface area contributed by atoms with Crippen molar-refractivity contribution in [2.24, 2.45) is 5.92 Å². The van der Waals surface area contributed by atoms with Crippen LogP contribution in [-0.2, 0) is 19.2 Å². The molecule has 2 N–H and O–H groups in total. The van der Waals surface area contributed by atoms with Crippen molar-refractivity contribution in [1.29, 1.82) is 0 Å². The van der Waals surface area contributed by atoms with Crippen molar-refractivity contribution in [2.45, 2.75) is 58.7 Å². The van der Waals surface area contributed by atoms with E-state index >= 15 is 0 Å². The number of amides is 3. The molecule has 0 saturated carbocycles. The molecule has 9 nitrogen and oxygen atoms in total. The first-order valence-corrected chi connectivity index (χ1v) is 10.6. The monoisotopic (exact) mass is 430 g/mol. The van der Waals surface area contributed by atoms with E-state index in [-0.39, 0.29) is 17.7 Å². The lowest BCUT2D eigenvalue weighted by molar-refractivity contribution is -0.218. The van der Waals surface area contributed by atoms with Crippen molar-refractivity contribution in [2.75, 3.05) is 18.4 Å². The molecule has 2 saturated heterocycles. The number of hydroxylamine groups is 2. The highest BCUT2D eigenvalue weighted by atomic mass is 16.7. The molecule has 3 amide bonds. The number of benzene rings is 1. The fraction of sp³-hybridized carbons (Fsp3) is 0.545. The van der Waals surface area contributed by atoms with E-state index in [1.54, 1.807) is 29.2 Å². The smallest absolute Gasteiger partial charge is 0.329 e. The lowest BCUT2D eigenvalue weighted by atomic mass is 9.96. The molecule has 0 bridgehead atoms. The first-order valence-electron chi connectivity index (χ1n) is 10.6. The number of hydrogen-bond donors (Lipinski definition) is 2. The molecular weight excluding hydrogens is 400 g/mol. The molecule has 0 radical (unpaired) electrons. The topological polar surface area (TPSA) is 108 Å². The summed E-state index contributed by atoms with van der Waals surface area (Å²) in [4.78, 5) is 55.6. The Morgan fingerprint density at radius 3 is 2.29 bits per heavy atom. The zero-order valence-electron chi connectivity index (χ0n) is 18.4. The lowest BCUT2D eigenvalue weighted by Gasteiger charge is -2.42. The average molecular weight is 431 g/mol. The van der Waals surface area contributed by atoms with Gasteiger partial charge < -0.3 is 15.1 Å². The molecule has 2 heterocycles. The lowest BCUT2D eigenvalue weighted by Crippen LogP contribution is -2.59. The van der Waals surface area contributed by atoms with Gasteiger partial charge in [-0.3, -0.25) is 24.5 Å². The molecule has 1 aromatic carbocycles. The van der Waals surface area contributed by atoms with Gasteiger partial charge in [0, 0.05) is 51.0 Å². The Hall–Kier alpha value is -2.94. The molecule has 3 rings (SSSR count). The van der Waals surface area contributed by atoms with Gasteiger partial charge in [-0.2, -0.15) is 0 Å². The van der Waals surface area contributed by atoms with E-state index in [4.69, 9.17) is 4.84 Å². The molecule has 31 heavy (non-hydrogen) atoms. The van der Waals surface area contributed by atoms with Crippen molar-refractivity contribution in [1.82, 2.24) is 15.3 Å². The number of carbonyl (C=O) groups excluding carboxylic acids is 4. The number of hydrogen-bond acceptors (Lipinski definition) is 6. The molecular formula is C22H30N4O5. The van der Waals surface area contributed by atoms with Gasteiger partial charge in [0.1, 0.15) is 5.66 Å². The van der Waals surface area contributed by atoms with Crippen molar-refractivity contribution >= 4 is 29.4 Å². The summed E-state index contributed by atoms with van der Waals surface area (Å²) in [5.74, 6) is -0.772. The summed E-state index contributed by atoms with van der Waals surface area (Å²) >= 11 is 0. The Labute approximate surface area is 182 Å². The van der Waals surface area contributed by atoms with Gasteiger partial charge in [-0.25, -0.2) is 0 Å². The molecule has 1 atom stereocenters. The summed E-state index contributed by atoms with van der Waals surface area (Å²) in [5, 5.41) is 7.26. The quantitative estimate of drug-likeness (QED) is 0.739. The summed E-state index contributed by atoms with van der Waals surface area (Å²) in [7, 11) is 0. The average Bonchev–Trinajstić information content (AvgIpc) is 2.93. The maximum absolute atomic E-state index is 12.9. The number of carbonyl (C=O) groups is 4. The molecule has 1 unspecified atom stereocenters. The predicted octanol–water partition coefficient (Wildman–Crippen LogP) is 1.90. The van der Waals surface area contributed by atoms with Gasteiger partial charge in [0.15, 0.2) is 0 Å². The summed E-state index contributed by atoms with van der Waals surface area (Å²) in [5.41, 5.74) is 0.354. The van der Waals surface area contributed by atoms with Crippen molar-refractivity contribution in [3.05, 3.63) is 29.8 Å². The molecule has 0 aliphatic carbocycles. The van der Waals surface area contributed by atoms with Crippen molar-refractivity contribution in [3.63, 3.8) is 0 Å². The zero-order valence-corrected chi connectivity index (χ0v) is 18.4. The van der Waals surface area contributed by atoms with Crippen LogP contribution in [-0.4, -0.2) is 58.4 Å². The number of nitrogens with zero attached hydrogens (tertiary/aromatic N) is 2. The third-order valence-electron chi connectivity index (χ3n) is 5.59. The van der Waals surface area contributed by atoms with Crippen LogP contribution in [0.15, 0.2) is 24.3 Å². The van der Waals surface area contributed by atoms with Gasteiger partial charge in [0.2, 0.25) is 5.91 Å². The Morgan fingerprint density at radius 1 is 1.16 bits per heavy atom. The van der Waals surface area contributed by atoms with Gasteiger partial charge in [0.25, 0.3) is 11.8 Å². The van der Waals surface area contributed by atoms with E-state index in [1.807, 2.05) is 13.8 Å². The van der Waals surface area contributed by atoms with E-state index in [0.717, 1.165) is 0 Å². The molecule has 1 spiro atoms. The maximum atomic E-state index is 12.9. The fourth-order valence-corrected chi connectivity index (χ4v) is 4.20. The summed E-state index contributed by atoms with van der Waals surface area (Å²) < 4.78 is 0. The zero-order chi connectivity index (χ0) is 22.8. The molecule has 0 aromatic heterocycles. The number of rotatable bonds is 5. The highest BCUT2D eigenvalue weighted by molar-refractivity contribution is 5.95. The van der Waals surface area contributed by atoms with Crippen LogP contribution in [0.5, 0.6) is 0 Å². The summed E-state index contributed by atoms with van der Waals surface area (Å²) in [6, 6.07) is 6.33. The Bertz CT molecular complexity index is 859. The summed E-state index contributed by atoms with van der Waals surface area (Å²) in [6.07, 6.45) is 1.55. The van der Waals surface area contributed by atoms with Crippen molar-refractivity contribution in [3.8, 4) is 0 Å². The third kappa shape index (κ3) is 5.04. The van der Waals surface area contributed by atoms with Crippen LogP contribution in [0.2, 0.25) is 0 Å². The van der Waals surface area contributed by atoms with E-state index in [9.17, 15) is 19.2 Å². The van der Waals surface area contributed by atoms with Crippen molar-refractivity contribution < 1.29 is 24.0 Å². The number of anilines is 1. The largest absolute Gasteiger partial charge is 0.338 e. The van der Waals surface area contributed by atoms with Crippen LogP contribution in [0.4, 0.5) is 5.69 Å². The molecule has 1 aromatic rings. The Kier molecular flexibility index (Phi) is 6.64. The number of nitrogens with one attached hydrogen (secondary N) is 2. The van der Waals surface area contributed by atoms with Crippen LogP contribution in [0.3, 0.4) is 0 Å². The minimum atomic E-state index is -0.797. The second-order valence-corrected chi connectivity index (χ2v) is 8.62. The standard InChI is InChI=1S/C22H30N4O5/c1-14(2)13-19-21(30)26(31-16(4)28)22(24-19)9-11-25(12-10-22)20(29)17-5-7-18(8-6-17)23-15(3)27/h5-8,14,19,24H,9-13H2,1-4H3,(H,23,27). The van der Waals surface area contributed by atoms with Gasteiger partial charge in [-0.05, 0) is 36.6 Å².